The number of hydrogen-bond donors (Lipinski definition) is 0. The van der Waals surface area contributed by atoms with E-state index in [0.29, 0.717) is 18.2 Å². The summed E-state index contributed by atoms with van der Waals surface area (Å²) in [5.74, 6) is 3.11. The quantitative estimate of drug-likeness (QED) is 0.588. The summed E-state index contributed by atoms with van der Waals surface area (Å²) < 4.78 is 19.0. The van der Waals surface area contributed by atoms with Crippen LogP contribution in [0.1, 0.15) is 87.7 Å². The van der Waals surface area contributed by atoms with Crippen LogP contribution >= 0.6 is 0 Å². The van der Waals surface area contributed by atoms with Gasteiger partial charge in [-0.25, -0.2) is 4.98 Å². The van der Waals surface area contributed by atoms with Crippen molar-refractivity contribution >= 4 is 0 Å². The van der Waals surface area contributed by atoms with Crippen LogP contribution in [0.15, 0.2) is 32.2 Å². The molecule has 0 amide bonds. The van der Waals surface area contributed by atoms with E-state index in [1.165, 1.54) is 0 Å². The van der Waals surface area contributed by atoms with Gasteiger partial charge >= 0.3 is 6.39 Å². The molecule has 0 aliphatic carbocycles. The van der Waals surface area contributed by atoms with Crippen molar-refractivity contribution in [3.8, 4) is 0 Å². The van der Waals surface area contributed by atoms with Gasteiger partial charge in [-0.15, -0.1) is 0 Å². The van der Waals surface area contributed by atoms with Gasteiger partial charge in [0, 0.05) is 18.4 Å². The van der Waals surface area contributed by atoms with E-state index in [0.717, 1.165) is 35.0 Å². The molecule has 0 N–H and O–H groups in total. The van der Waals surface area contributed by atoms with Gasteiger partial charge in [0.05, 0.1) is 24.2 Å². The summed E-state index contributed by atoms with van der Waals surface area (Å²) in [6.07, 6.45) is 5.86. The Kier molecular flexibility index (Phi) is 5.27. The van der Waals surface area contributed by atoms with Crippen molar-refractivity contribution in [2.24, 2.45) is 0 Å². The molecule has 0 aliphatic heterocycles. The Morgan fingerprint density at radius 2 is 1.93 bits per heavy atom. The van der Waals surface area contributed by atoms with Crippen LogP contribution in [0.2, 0.25) is 0 Å². The molecule has 3 rings (SSSR count). The Morgan fingerprint density at radius 3 is 2.56 bits per heavy atom. The maximum Gasteiger partial charge on any atom is 0.334 e. The molecule has 0 radical (unpaired) electrons. The SMILES string of the molecule is Cc1c(C(C)C)oc[n+]1CC(C)c1cnc(Cc2nocc2C(C)(C)C)o1. The van der Waals surface area contributed by atoms with Crippen LogP contribution < -0.4 is 4.57 Å². The molecule has 0 spiro atoms. The van der Waals surface area contributed by atoms with Crippen LogP contribution in [0.25, 0.3) is 0 Å². The standard InChI is InChI=1S/C21H30N3O3/c1-13(2)20-15(4)24(12-25-20)10-14(3)18-9-22-19(27-18)8-17-16(11-26-23-17)21(5,6)7/h9,11-14H,8,10H2,1-7H3/q+1. The summed E-state index contributed by atoms with van der Waals surface area (Å²) in [5, 5.41) is 4.14. The highest BCUT2D eigenvalue weighted by Gasteiger charge is 2.25. The minimum absolute atomic E-state index is 0.0262. The second kappa shape index (κ2) is 7.33. The van der Waals surface area contributed by atoms with Gasteiger partial charge in [-0.2, -0.15) is 4.57 Å². The van der Waals surface area contributed by atoms with Crippen LogP contribution in [-0.2, 0) is 18.4 Å². The van der Waals surface area contributed by atoms with Crippen molar-refractivity contribution in [2.45, 2.75) is 78.7 Å². The zero-order chi connectivity index (χ0) is 19.8. The van der Waals surface area contributed by atoms with Gasteiger partial charge in [0.1, 0.15) is 12.0 Å². The Morgan fingerprint density at radius 1 is 1.19 bits per heavy atom. The molecule has 0 aliphatic rings. The first-order valence-corrected chi connectivity index (χ1v) is 9.52. The van der Waals surface area contributed by atoms with E-state index in [2.05, 4.69) is 63.2 Å². The van der Waals surface area contributed by atoms with Crippen molar-refractivity contribution in [1.29, 1.82) is 0 Å². The van der Waals surface area contributed by atoms with Gasteiger partial charge in [-0.3, -0.25) is 0 Å². The van der Waals surface area contributed by atoms with E-state index in [9.17, 15) is 0 Å². The lowest BCUT2D eigenvalue weighted by atomic mass is 9.87. The molecule has 0 saturated carbocycles. The average Bonchev–Trinajstić information content (AvgIpc) is 3.28. The fourth-order valence-electron chi connectivity index (χ4n) is 3.32. The first-order chi connectivity index (χ1) is 12.7. The van der Waals surface area contributed by atoms with Gasteiger partial charge in [-0.05, 0) is 12.3 Å². The first-order valence-electron chi connectivity index (χ1n) is 9.52. The Hall–Kier alpha value is -2.37. The van der Waals surface area contributed by atoms with Crippen molar-refractivity contribution in [2.75, 3.05) is 0 Å². The lowest BCUT2D eigenvalue weighted by Crippen LogP contribution is -2.37. The normalized spacial score (nSPS) is 13.5. The highest BCUT2D eigenvalue weighted by atomic mass is 16.5. The molecule has 0 fully saturated rings. The van der Waals surface area contributed by atoms with Crippen molar-refractivity contribution in [3.05, 3.63) is 53.2 Å². The molecule has 3 aromatic rings. The maximum atomic E-state index is 6.02. The molecule has 6 heteroatoms. The molecule has 6 nitrogen and oxygen atoms in total. The largest absolute Gasteiger partial charge is 0.445 e. The predicted molar refractivity (Wildman–Crippen MR) is 101 cm³/mol. The third-order valence-electron chi connectivity index (χ3n) is 4.92. The molecular weight excluding hydrogens is 342 g/mol. The predicted octanol–water partition coefficient (Wildman–Crippen LogP) is 4.67. The number of oxazole rings is 2. The Balaban J connectivity index is 1.71. The number of hydrogen-bond acceptors (Lipinski definition) is 5. The molecule has 0 aromatic carbocycles. The van der Waals surface area contributed by atoms with Gasteiger partial charge in [0.15, 0.2) is 12.3 Å². The highest BCUT2D eigenvalue weighted by molar-refractivity contribution is 5.25. The van der Waals surface area contributed by atoms with E-state index >= 15 is 0 Å². The van der Waals surface area contributed by atoms with E-state index in [-0.39, 0.29) is 11.3 Å². The fourth-order valence-corrected chi connectivity index (χ4v) is 3.32. The number of rotatable bonds is 6. The molecule has 27 heavy (non-hydrogen) atoms. The molecule has 3 aromatic heterocycles. The molecule has 1 atom stereocenters. The summed E-state index contributed by atoms with van der Waals surface area (Å²) >= 11 is 0. The monoisotopic (exact) mass is 372 g/mol. The number of aromatic nitrogens is 3. The molecule has 1 unspecified atom stereocenters. The minimum atomic E-state index is -0.0262. The Labute approximate surface area is 160 Å². The smallest absolute Gasteiger partial charge is 0.334 e. The van der Waals surface area contributed by atoms with Gasteiger partial charge in [0.25, 0.3) is 0 Å². The van der Waals surface area contributed by atoms with E-state index in [1.807, 2.05) is 6.20 Å². The van der Waals surface area contributed by atoms with Crippen LogP contribution in [-0.4, -0.2) is 10.1 Å². The number of nitrogens with zero attached hydrogens (tertiary/aromatic N) is 3. The van der Waals surface area contributed by atoms with Crippen molar-refractivity contribution in [1.82, 2.24) is 10.1 Å². The first kappa shape index (κ1) is 19.4. The van der Waals surface area contributed by atoms with E-state index in [4.69, 9.17) is 13.4 Å². The van der Waals surface area contributed by atoms with Gasteiger partial charge in [0.2, 0.25) is 11.6 Å². The second-order valence-electron chi connectivity index (χ2n) is 8.64. The molecule has 0 saturated heterocycles. The van der Waals surface area contributed by atoms with Crippen molar-refractivity contribution < 1.29 is 17.9 Å². The van der Waals surface area contributed by atoms with E-state index < -0.39 is 0 Å². The summed E-state index contributed by atoms with van der Waals surface area (Å²) in [7, 11) is 0. The van der Waals surface area contributed by atoms with Crippen molar-refractivity contribution in [3.63, 3.8) is 0 Å². The summed E-state index contributed by atoms with van der Waals surface area (Å²) in [6, 6.07) is 0. The lowest BCUT2D eigenvalue weighted by Gasteiger charge is -2.16. The zero-order valence-electron chi connectivity index (χ0n) is 17.4. The topological polar surface area (TPSA) is 69.1 Å². The third kappa shape index (κ3) is 4.15. The van der Waals surface area contributed by atoms with E-state index in [1.54, 1.807) is 12.7 Å². The molecule has 3 heterocycles. The molecule has 146 valence electrons. The summed E-state index contributed by atoms with van der Waals surface area (Å²) in [5.41, 5.74) is 3.10. The van der Waals surface area contributed by atoms with Crippen LogP contribution in [0.5, 0.6) is 0 Å². The lowest BCUT2D eigenvalue weighted by molar-refractivity contribution is -0.707. The van der Waals surface area contributed by atoms with Crippen LogP contribution in [0.4, 0.5) is 0 Å². The molecular formula is C21H30N3O3+. The van der Waals surface area contributed by atoms with Gasteiger partial charge < -0.3 is 13.4 Å². The van der Waals surface area contributed by atoms with Gasteiger partial charge in [-0.1, -0.05) is 39.8 Å². The second-order valence-corrected chi connectivity index (χ2v) is 8.64. The summed E-state index contributed by atoms with van der Waals surface area (Å²) in [6.45, 7) is 15.7. The maximum absolute atomic E-state index is 6.02. The average molecular weight is 372 g/mol. The Bertz CT molecular complexity index is 896. The minimum Gasteiger partial charge on any atom is -0.445 e. The molecule has 0 bridgehead atoms. The zero-order valence-corrected chi connectivity index (χ0v) is 17.4. The highest BCUT2D eigenvalue weighted by Crippen LogP contribution is 2.27. The summed E-state index contributed by atoms with van der Waals surface area (Å²) in [4.78, 5) is 4.45. The third-order valence-corrected chi connectivity index (χ3v) is 4.92. The van der Waals surface area contributed by atoms with Crippen LogP contribution in [0, 0.1) is 6.92 Å². The van der Waals surface area contributed by atoms with Crippen LogP contribution in [0.3, 0.4) is 0 Å². The fraction of sp³-hybridized carbons (Fsp3) is 0.571.